The Morgan fingerprint density at radius 3 is 3.00 bits per heavy atom. The van der Waals surface area contributed by atoms with Gasteiger partial charge in [0.2, 0.25) is 0 Å². The van der Waals surface area contributed by atoms with Crippen molar-refractivity contribution < 1.29 is 9.53 Å². The molecule has 3 rings (SSSR count). The van der Waals surface area contributed by atoms with Gasteiger partial charge < -0.3 is 25.7 Å². The molecule has 0 aromatic carbocycles. The Hall–Kier alpha value is -2.29. The Bertz CT molecular complexity index is 664. The number of nitrogen functional groups attached to an aromatic ring is 1. The molecule has 1 amide bonds. The van der Waals surface area contributed by atoms with E-state index in [2.05, 4.69) is 15.1 Å². The predicted octanol–water partition coefficient (Wildman–Crippen LogP) is 0.0495. The Morgan fingerprint density at radius 1 is 1.50 bits per heavy atom. The van der Waals surface area contributed by atoms with Gasteiger partial charge in [0.15, 0.2) is 11.6 Å². The molecule has 20 heavy (non-hydrogen) atoms. The highest BCUT2D eigenvalue weighted by molar-refractivity contribution is 7.19. The van der Waals surface area contributed by atoms with Crippen LogP contribution in [0.5, 0.6) is 5.75 Å². The molecule has 0 saturated heterocycles. The first-order valence-electron chi connectivity index (χ1n) is 5.99. The number of aromatic nitrogens is 3. The van der Waals surface area contributed by atoms with Gasteiger partial charge in [0.1, 0.15) is 21.9 Å². The molecule has 1 aliphatic rings. The van der Waals surface area contributed by atoms with Crippen molar-refractivity contribution in [3.8, 4) is 5.75 Å². The molecule has 9 heteroatoms. The Kier molecular flexibility index (Phi) is 2.97. The molecular formula is C11H14N6O2S. The van der Waals surface area contributed by atoms with Crippen molar-refractivity contribution in [3.63, 3.8) is 0 Å². The second-order valence-electron chi connectivity index (χ2n) is 4.41. The number of nitrogens with two attached hydrogens (primary N) is 2. The Labute approximate surface area is 118 Å². The van der Waals surface area contributed by atoms with E-state index in [1.165, 1.54) is 18.4 Å². The van der Waals surface area contributed by atoms with Crippen LogP contribution in [0.2, 0.25) is 0 Å². The van der Waals surface area contributed by atoms with E-state index in [9.17, 15) is 4.79 Å². The van der Waals surface area contributed by atoms with Gasteiger partial charge in [-0.1, -0.05) is 0 Å². The van der Waals surface area contributed by atoms with E-state index >= 15 is 0 Å². The molecule has 0 fully saturated rings. The standard InChI is InChI=1S/C11H14N6O2S/c1-19-8-7(12)9(10(13)18)20-11(8)16-2-3-17-5-14-15-6(17)4-16/h5H,2-4,12H2,1H3,(H2,13,18). The van der Waals surface area contributed by atoms with Crippen LogP contribution >= 0.6 is 11.3 Å². The molecule has 106 valence electrons. The van der Waals surface area contributed by atoms with Crippen molar-refractivity contribution in [1.82, 2.24) is 14.8 Å². The molecule has 8 nitrogen and oxygen atoms in total. The lowest BCUT2D eigenvalue weighted by Crippen LogP contribution is -2.33. The summed E-state index contributed by atoms with van der Waals surface area (Å²) in [6.45, 7) is 2.13. The Morgan fingerprint density at radius 2 is 2.30 bits per heavy atom. The number of ether oxygens (including phenoxy) is 1. The van der Waals surface area contributed by atoms with E-state index in [0.717, 1.165) is 23.9 Å². The topological polar surface area (TPSA) is 112 Å². The van der Waals surface area contributed by atoms with Crippen LogP contribution in [0, 0.1) is 0 Å². The second kappa shape index (κ2) is 4.67. The summed E-state index contributed by atoms with van der Waals surface area (Å²) in [6.07, 6.45) is 1.71. The SMILES string of the molecule is COc1c(N2CCn3cnnc3C2)sc(C(N)=O)c1N. The van der Waals surface area contributed by atoms with Crippen LogP contribution < -0.4 is 21.1 Å². The minimum atomic E-state index is -0.544. The number of rotatable bonds is 3. The highest BCUT2D eigenvalue weighted by Gasteiger charge is 2.27. The molecule has 0 radical (unpaired) electrons. The largest absolute Gasteiger partial charge is 0.492 e. The summed E-state index contributed by atoms with van der Waals surface area (Å²) < 4.78 is 7.32. The average molecular weight is 294 g/mol. The summed E-state index contributed by atoms with van der Waals surface area (Å²) in [5.41, 5.74) is 11.6. The molecule has 1 aliphatic heterocycles. The third-order valence-electron chi connectivity index (χ3n) is 3.24. The van der Waals surface area contributed by atoms with Crippen molar-refractivity contribution in [2.45, 2.75) is 13.1 Å². The van der Waals surface area contributed by atoms with Gasteiger partial charge in [-0.15, -0.1) is 21.5 Å². The third kappa shape index (κ3) is 1.86. The van der Waals surface area contributed by atoms with Crippen molar-refractivity contribution in [2.24, 2.45) is 5.73 Å². The first kappa shape index (κ1) is 12.7. The van der Waals surface area contributed by atoms with Crippen LogP contribution in [0.1, 0.15) is 15.5 Å². The normalized spacial score (nSPS) is 14.2. The van der Waals surface area contributed by atoms with Crippen LogP contribution in [-0.2, 0) is 13.1 Å². The summed E-state index contributed by atoms with van der Waals surface area (Å²) in [4.78, 5) is 13.8. The zero-order valence-electron chi connectivity index (χ0n) is 10.9. The molecule has 2 aromatic heterocycles. The lowest BCUT2D eigenvalue weighted by Gasteiger charge is -2.28. The van der Waals surface area contributed by atoms with E-state index in [1.807, 2.05) is 4.57 Å². The molecule has 0 atom stereocenters. The van der Waals surface area contributed by atoms with Gasteiger partial charge in [-0.3, -0.25) is 4.79 Å². The minimum absolute atomic E-state index is 0.298. The smallest absolute Gasteiger partial charge is 0.261 e. The fourth-order valence-corrected chi connectivity index (χ4v) is 3.31. The number of carbonyl (C=O) groups excluding carboxylic acids is 1. The Balaban J connectivity index is 1.99. The molecule has 0 aliphatic carbocycles. The maximum atomic E-state index is 11.4. The van der Waals surface area contributed by atoms with Crippen LogP contribution in [0.15, 0.2) is 6.33 Å². The van der Waals surface area contributed by atoms with Gasteiger partial charge in [-0.25, -0.2) is 0 Å². The predicted molar refractivity (Wildman–Crippen MR) is 74.9 cm³/mol. The van der Waals surface area contributed by atoms with Crippen molar-refractivity contribution in [3.05, 3.63) is 17.0 Å². The summed E-state index contributed by atoms with van der Waals surface area (Å²) in [5.74, 6) is 0.819. The average Bonchev–Trinajstić information content (AvgIpc) is 3.01. The van der Waals surface area contributed by atoms with E-state index in [1.54, 1.807) is 6.33 Å². The van der Waals surface area contributed by atoms with Gasteiger partial charge >= 0.3 is 0 Å². The number of carbonyl (C=O) groups is 1. The van der Waals surface area contributed by atoms with Crippen LogP contribution in [0.25, 0.3) is 0 Å². The number of nitrogens with zero attached hydrogens (tertiary/aromatic N) is 4. The highest BCUT2D eigenvalue weighted by Crippen LogP contribution is 2.45. The highest BCUT2D eigenvalue weighted by atomic mass is 32.1. The van der Waals surface area contributed by atoms with Crippen molar-refractivity contribution >= 4 is 27.9 Å². The molecule has 0 spiro atoms. The number of hydrogen-bond donors (Lipinski definition) is 2. The molecule has 2 aromatic rings. The van der Waals surface area contributed by atoms with Gasteiger partial charge in [0.25, 0.3) is 5.91 Å². The molecule has 3 heterocycles. The monoisotopic (exact) mass is 294 g/mol. The molecule has 0 saturated carbocycles. The van der Waals surface area contributed by atoms with Gasteiger partial charge in [-0.05, 0) is 0 Å². The third-order valence-corrected chi connectivity index (χ3v) is 4.50. The van der Waals surface area contributed by atoms with Crippen molar-refractivity contribution in [1.29, 1.82) is 0 Å². The van der Waals surface area contributed by atoms with Crippen LogP contribution in [0.3, 0.4) is 0 Å². The number of fused-ring (bicyclic) bond motifs is 1. The first-order chi connectivity index (χ1) is 9.61. The van der Waals surface area contributed by atoms with E-state index in [-0.39, 0.29) is 0 Å². The number of amides is 1. The number of methoxy groups -OCH3 is 1. The van der Waals surface area contributed by atoms with Gasteiger partial charge in [0, 0.05) is 13.1 Å². The van der Waals surface area contributed by atoms with E-state index < -0.39 is 5.91 Å². The summed E-state index contributed by atoms with van der Waals surface area (Å²) in [5, 5.41) is 8.75. The van der Waals surface area contributed by atoms with Gasteiger partial charge in [0.05, 0.1) is 13.7 Å². The van der Waals surface area contributed by atoms with Gasteiger partial charge in [-0.2, -0.15) is 0 Å². The minimum Gasteiger partial charge on any atom is -0.492 e. The summed E-state index contributed by atoms with van der Waals surface area (Å²) in [7, 11) is 1.53. The fraction of sp³-hybridized carbons (Fsp3) is 0.364. The number of thiophene rings is 1. The van der Waals surface area contributed by atoms with Crippen LogP contribution in [-0.4, -0.2) is 34.3 Å². The molecular weight excluding hydrogens is 280 g/mol. The second-order valence-corrected chi connectivity index (χ2v) is 5.41. The summed E-state index contributed by atoms with van der Waals surface area (Å²) >= 11 is 1.25. The molecule has 4 N–H and O–H groups in total. The maximum absolute atomic E-state index is 11.4. The molecule has 0 unspecified atom stereocenters. The van der Waals surface area contributed by atoms with E-state index in [0.29, 0.717) is 22.9 Å². The molecule has 0 bridgehead atoms. The lowest BCUT2D eigenvalue weighted by molar-refractivity contribution is 0.100. The zero-order valence-corrected chi connectivity index (χ0v) is 11.7. The van der Waals surface area contributed by atoms with Crippen molar-refractivity contribution in [2.75, 3.05) is 24.3 Å². The zero-order chi connectivity index (χ0) is 14.3. The number of anilines is 2. The van der Waals surface area contributed by atoms with Crippen LogP contribution in [0.4, 0.5) is 10.7 Å². The number of primary amides is 1. The number of hydrogen-bond acceptors (Lipinski definition) is 7. The maximum Gasteiger partial charge on any atom is 0.261 e. The summed E-state index contributed by atoms with van der Waals surface area (Å²) in [6, 6.07) is 0. The quantitative estimate of drug-likeness (QED) is 0.827. The first-order valence-corrected chi connectivity index (χ1v) is 6.81. The lowest BCUT2D eigenvalue weighted by atomic mass is 10.3. The fourth-order valence-electron chi connectivity index (χ4n) is 2.24. The van der Waals surface area contributed by atoms with E-state index in [4.69, 9.17) is 16.2 Å².